The van der Waals surface area contributed by atoms with Crippen molar-refractivity contribution in [2.75, 3.05) is 13.1 Å². The molecule has 0 spiro atoms. The number of carbonyl (C=O) groups is 2. The lowest BCUT2D eigenvalue weighted by Crippen LogP contribution is -2.37. The molecule has 0 radical (unpaired) electrons. The zero-order valence-corrected chi connectivity index (χ0v) is 11.0. The number of hydrogen-bond acceptors (Lipinski definition) is 2. The van der Waals surface area contributed by atoms with E-state index < -0.39 is 5.97 Å². The third-order valence-corrected chi connectivity index (χ3v) is 2.84. The molecule has 0 atom stereocenters. The molecular weight excluding hydrogens is 254 g/mol. The summed E-state index contributed by atoms with van der Waals surface area (Å²) in [5.41, 5.74) is 0.718. The van der Waals surface area contributed by atoms with Crippen molar-refractivity contribution in [1.29, 1.82) is 0 Å². The summed E-state index contributed by atoms with van der Waals surface area (Å²) in [4.78, 5) is 24.0. The first-order chi connectivity index (χ1) is 8.54. The van der Waals surface area contributed by atoms with Crippen LogP contribution in [0.1, 0.15) is 18.9 Å². The predicted octanol–water partition coefficient (Wildman–Crippen LogP) is 2.21. The van der Waals surface area contributed by atoms with Crippen LogP contribution in [-0.4, -0.2) is 35.0 Å². The van der Waals surface area contributed by atoms with E-state index in [1.165, 1.54) is 4.90 Å². The number of benzene rings is 1. The fourth-order valence-corrected chi connectivity index (χ4v) is 1.84. The molecule has 1 aromatic carbocycles. The molecule has 0 fully saturated rings. The summed E-state index contributed by atoms with van der Waals surface area (Å²) in [5.74, 6) is -1.22. The Bertz CT molecular complexity index is 434. The van der Waals surface area contributed by atoms with E-state index in [1.807, 2.05) is 6.92 Å². The van der Waals surface area contributed by atoms with Gasteiger partial charge in [0.15, 0.2) is 0 Å². The Hall–Kier alpha value is -1.55. The summed E-state index contributed by atoms with van der Waals surface area (Å²) in [5, 5.41) is 9.29. The van der Waals surface area contributed by atoms with Crippen LogP contribution >= 0.6 is 11.6 Å². The zero-order valence-electron chi connectivity index (χ0n) is 10.2. The number of carbonyl (C=O) groups excluding carboxylic acids is 1. The Balaban J connectivity index is 2.72. The van der Waals surface area contributed by atoms with Crippen LogP contribution < -0.4 is 0 Å². The Labute approximate surface area is 111 Å². The van der Waals surface area contributed by atoms with E-state index in [0.29, 0.717) is 11.6 Å². The predicted molar refractivity (Wildman–Crippen MR) is 69.7 cm³/mol. The van der Waals surface area contributed by atoms with E-state index >= 15 is 0 Å². The van der Waals surface area contributed by atoms with Gasteiger partial charge in [0, 0.05) is 11.6 Å². The van der Waals surface area contributed by atoms with Crippen molar-refractivity contribution in [2.45, 2.75) is 19.8 Å². The van der Waals surface area contributed by atoms with Crippen LogP contribution in [-0.2, 0) is 16.0 Å². The Morgan fingerprint density at radius 2 is 2.00 bits per heavy atom. The highest BCUT2D eigenvalue weighted by Gasteiger charge is 2.17. The topological polar surface area (TPSA) is 57.6 Å². The molecule has 0 aliphatic carbocycles. The van der Waals surface area contributed by atoms with Gasteiger partial charge in [-0.25, -0.2) is 0 Å². The molecule has 0 aliphatic rings. The van der Waals surface area contributed by atoms with Gasteiger partial charge in [-0.2, -0.15) is 0 Å². The fraction of sp³-hybridized carbons (Fsp3) is 0.385. The molecule has 0 saturated heterocycles. The Kier molecular flexibility index (Phi) is 5.65. The average Bonchev–Trinajstić information content (AvgIpc) is 2.31. The third kappa shape index (κ3) is 4.37. The second-order valence-corrected chi connectivity index (χ2v) is 4.38. The first kappa shape index (κ1) is 14.5. The lowest BCUT2D eigenvalue weighted by molar-refractivity contribution is -0.144. The molecule has 0 unspecified atom stereocenters. The summed E-state index contributed by atoms with van der Waals surface area (Å²) in [6.07, 6.45) is 0.856. The van der Waals surface area contributed by atoms with E-state index in [4.69, 9.17) is 16.7 Å². The molecule has 4 nitrogen and oxygen atoms in total. The zero-order chi connectivity index (χ0) is 13.5. The number of carboxylic acid groups (broad SMARTS) is 1. The molecular formula is C13H16ClNO3. The van der Waals surface area contributed by atoms with E-state index in [2.05, 4.69) is 0 Å². The summed E-state index contributed by atoms with van der Waals surface area (Å²) in [6, 6.07) is 7.07. The molecule has 1 aromatic rings. The Morgan fingerprint density at radius 1 is 1.33 bits per heavy atom. The summed E-state index contributed by atoms with van der Waals surface area (Å²) < 4.78 is 0. The normalized spacial score (nSPS) is 10.1. The molecule has 1 amide bonds. The minimum atomic E-state index is -1.00. The van der Waals surface area contributed by atoms with Crippen LogP contribution in [0.15, 0.2) is 24.3 Å². The first-order valence-corrected chi connectivity index (χ1v) is 6.15. The average molecular weight is 270 g/mol. The lowest BCUT2D eigenvalue weighted by Gasteiger charge is -2.20. The smallest absolute Gasteiger partial charge is 0.323 e. The quantitative estimate of drug-likeness (QED) is 0.861. The molecule has 1 N–H and O–H groups in total. The molecule has 0 aliphatic heterocycles. The van der Waals surface area contributed by atoms with Crippen LogP contribution in [0.5, 0.6) is 0 Å². The number of hydrogen-bond donors (Lipinski definition) is 1. The van der Waals surface area contributed by atoms with E-state index in [0.717, 1.165) is 12.0 Å². The molecule has 0 aromatic heterocycles. The number of nitrogens with zero attached hydrogens (tertiary/aromatic N) is 1. The highest BCUT2D eigenvalue weighted by atomic mass is 35.5. The number of halogens is 1. The highest BCUT2D eigenvalue weighted by Crippen LogP contribution is 2.16. The van der Waals surface area contributed by atoms with Gasteiger partial charge in [0.05, 0.1) is 6.42 Å². The van der Waals surface area contributed by atoms with Crippen LogP contribution in [0.2, 0.25) is 5.02 Å². The molecule has 0 heterocycles. The van der Waals surface area contributed by atoms with Crippen molar-refractivity contribution < 1.29 is 14.7 Å². The number of amides is 1. The monoisotopic (exact) mass is 269 g/mol. The number of carboxylic acids is 1. The molecule has 0 saturated carbocycles. The molecule has 0 bridgehead atoms. The summed E-state index contributed by atoms with van der Waals surface area (Å²) in [6.45, 7) is 2.07. The summed E-state index contributed by atoms with van der Waals surface area (Å²) in [7, 11) is 0. The van der Waals surface area contributed by atoms with Crippen molar-refractivity contribution in [3.63, 3.8) is 0 Å². The van der Waals surface area contributed by atoms with Gasteiger partial charge < -0.3 is 10.0 Å². The van der Waals surface area contributed by atoms with Crippen molar-refractivity contribution >= 4 is 23.5 Å². The maximum atomic E-state index is 12.0. The minimum Gasteiger partial charge on any atom is -0.480 e. The number of rotatable bonds is 6. The second-order valence-electron chi connectivity index (χ2n) is 3.98. The van der Waals surface area contributed by atoms with Gasteiger partial charge in [-0.3, -0.25) is 9.59 Å². The third-order valence-electron chi connectivity index (χ3n) is 2.47. The van der Waals surface area contributed by atoms with Crippen molar-refractivity contribution in [3.05, 3.63) is 34.9 Å². The molecule has 98 valence electrons. The van der Waals surface area contributed by atoms with Crippen LogP contribution in [0.4, 0.5) is 0 Å². The maximum absolute atomic E-state index is 12.0. The van der Waals surface area contributed by atoms with Gasteiger partial charge in [-0.05, 0) is 18.1 Å². The van der Waals surface area contributed by atoms with Gasteiger partial charge in [0.25, 0.3) is 0 Å². The van der Waals surface area contributed by atoms with Gasteiger partial charge in [0.1, 0.15) is 6.54 Å². The molecule has 18 heavy (non-hydrogen) atoms. The lowest BCUT2D eigenvalue weighted by atomic mass is 10.1. The number of aliphatic carboxylic acids is 1. The van der Waals surface area contributed by atoms with Crippen molar-refractivity contribution in [3.8, 4) is 0 Å². The fourth-order valence-electron chi connectivity index (χ4n) is 1.64. The highest BCUT2D eigenvalue weighted by molar-refractivity contribution is 6.31. The largest absolute Gasteiger partial charge is 0.480 e. The van der Waals surface area contributed by atoms with Gasteiger partial charge in [-0.15, -0.1) is 0 Å². The SMILES string of the molecule is CCCN(CC(=O)O)C(=O)Cc1ccccc1Cl. The van der Waals surface area contributed by atoms with Crippen molar-refractivity contribution in [2.24, 2.45) is 0 Å². The maximum Gasteiger partial charge on any atom is 0.323 e. The first-order valence-electron chi connectivity index (χ1n) is 5.77. The minimum absolute atomic E-state index is 0.132. The van der Waals surface area contributed by atoms with Gasteiger partial charge >= 0.3 is 5.97 Å². The second kappa shape index (κ2) is 7.01. The summed E-state index contributed by atoms with van der Waals surface area (Å²) >= 11 is 5.97. The van der Waals surface area contributed by atoms with Gasteiger partial charge in [-0.1, -0.05) is 36.7 Å². The van der Waals surface area contributed by atoms with Crippen LogP contribution in [0.3, 0.4) is 0 Å². The molecule has 1 rings (SSSR count). The van der Waals surface area contributed by atoms with E-state index in [1.54, 1.807) is 24.3 Å². The van der Waals surface area contributed by atoms with Gasteiger partial charge in [0.2, 0.25) is 5.91 Å². The van der Waals surface area contributed by atoms with Crippen molar-refractivity contribution in [1.82, 2.24) is 4.90 Å². The van der Waals surface area contributed by atoms with E-state index in [9.17, 15) is 9.59 Å². The van der Waals surface area contributed by atoms with Crippen LogP contribution in [0, 0.1) is 0 Å². The van der Waals surface area contributed by atoms with E-state index in [-0.39, 0.29) is 18.9 Å². The molecule has 5 heteroatoms. The van der Waals surface area contributed by atoms with Crippen LogP contribution in [0.25, 0.3) is 0 Å². The standard InChI is InChI=1S/C13H16ClNO3/c1-2-7-15(9-13(17)18)12(16)8-10-5-3-4-6-11(10)14/h3-6H,2,7-9H2,1H3,(H,17,18). The Morgan fingerprint density at radius 3 is 2.56 bits per heavy atom.